The maximum atomic E-state index is 6.27. The Morgan fingerprint density at radius 2 is 1.70 bits per heavy atom. The molecule has 1 aliphatic heterocycles. The van der Waals surface area contributed by atoms with Crippen LogP contribution in [0.2, 0.25) is 0 Å². The fourth-order valence-corrected chi connectivity index (χ4v) is 5.43. The van der Waals surface area contributed by atoms with Gasteiger partial charge in [-0.3, -0.25) is 4.90 Å². The van der Waals surface area contributed by atoms with Gasteiger partial charge in [0, 0.05) is 49.4 Å². The highest BCUT2D eigenvalue weighted by atomic mass is 16.5. The van der Waals surface area contributed by atoms with Crippen molar-refractivity contribution in [2.24, 2.45) is 0 Å². The second kappa shape index (κ2) is 11.9. The van der Waals surface area contributed by atoms with Crippen molar-refractivity contribution in [3.8, 4) is 28.5 Å². The molecule has 3 heterocycles. The van der Waals surface area contributed by atoms with Crippen LogP contribution in [0.1, 0.15) is 12.0 Å². The van der Waals surface area contributed by atoms with Crippen LogP contribution >= 0.6 is 0 Å². The summed E-state index contributed by atoms with van der Waals surface area (Å²) in [5.74, 6) is 2.15. The van der Waals surface area contributed by atoms with E-state index >= 15 is 0 Å². The van der Waals surface area contributed by atoms with Crippen LogP contribution < -0.4 is 14.2 Å². The number of fused-ring (bicyclic) bond motifs is 2. The molecular weight excluding hydrogens is 504 g/mol. The summed E-state index contributed by atoms with van der Waals surface area (Å²) in [6.45, 7) is 5.85. The molecule has 0 radical (unpaired) electrons. The van der Waals surface area contributed by atoms with Crippen LogP contribution in [0, 0.1) is 0 Å². The zero-order valence-electron chi connectivity index (χ0n) is 23.0. The predicted molar refractivity (Wildman–Crippen MR) is 156 cm³/mol. The van der Waals surface area contributed by atoms with E-state index in [4.69, 9.17) is 23.9 Å². The Hall–Kier alpha value is -4.14. The molecule has 0 spiro atoms. The average Bonchev–Trinajstić information content (AvgIpc) is 3.37. The molecule has 6 rings (SSSR count). The van der Waals surface area contributed by atoms with Crippen LogP contribution in [0.5, 0.6) is 17.2 Å². The van der Waals surface area contributed by atoms with Crippen molar-refractivity contribution in [3.05, 3.63) is 78.8 Å². The highest BCUT2D eigenvalue weighted by molar-refractivity contribution is 6.06. The third-order valence-corrected chi connectivity index (χ3v) is 7.44. The van der Waals surface area contributed by atoms with Crippen LogP contribution in [0.15, 0.2) is 73.2 Å². The molecule has 0 amide bonds. The molecule has 0 unspecified atom stereocenters. The van der Waals surface area contributed by atoms with E-state index in [-0.39, 0.29) is 0 Å². The number of hydrogen-bond acceptors (Lipinski definition) is 7. The van der Waals surface area contributed by atoms with Crippen molar-refractivity contribution in [2.45, 2.75) is 13.0 Å². The summed E-state index contributed by atoms with van der Waals surface area (Å²) in [7, 11) is 3.37. The summed E-state index contributed by atoms with van der Waals surface area (Å²) in [6.07, 6.45) is 4.69. The first-order chi connectivity index (χ1) is 19.7. The fraction of sp³-hybridized carbons (Fsp3) is 0.312. The molecule has 0 atom stereocenters. The summed E-state index contributed by atoms with van der Waals surface area (Å²) < 4.78 is 25.5. The quantitative estimate of drug-likeness (QED) is 0.220. The van der Waals surface area contributed by atoms with Crippen molar-refractivity contribution < 1.29 is 18.9 Å². The van der Waals surface area contributed by atoms with Crippen LogP contribution in [-0.4, -0.2) is 73.1 Å². The molecule has 3 aromatic carbocycles. The van der Waals surface area contributed by atoms with Gasteiger partial charge in [0.05, 0.1) is 56.2 Å². The van der Waals surface area contributed by atoms with Crippen LogP contribution in [0.4, 0.5) is 0 Å². The van der Waals surface area contributed by atoms with E-state index in [0.717, 1.165) is 84.6 Å². The Morgan fingerprint density at radius 1 is 0.875 bits per heavy atom. The maximum Gasteiger partial charge on any atom is 0.162 e. The van der Waals surface area contributed by atoms with Gasteiger partial charge in [-0.25, -0.2) is 9.97 Å². The van der Waals surface area contributed by atoms with E-state index in [1.165, 1.54) is 5.56 Å². The Morgan fingerprint density at radius 3 is 2.50 bits per heavy atom. The molecule has 0 N–H and O–H groups in total. The largest absolute Gasteiger partial charge is 0.496 e. The lowest BCUT2D eigenvalue weighted by Crippen LogP contribution is -2.37. The first-order valence-electron chi connectivity index (χ1n) is 13.7. The molecule has 1 fully saturated rings. The lowest BCUT2D eigenvalue weighted by molar-refractivity contribution is 0.0357. The Kier molecular flexibility index (Phi) is 7.79. The van der Waals surface area contributed by atoms with E-state index in [2.05, 4.69) is 51.0 Å². The second-order valence-electron chi connectivity index (χ2n) is 9.91. The fourth-order valence-electron chi connectivity index (χ4n) is 5.43. The van der Waals surface area contributed by atoms with E-state index in [1.807, 2.05) is 30.3 Å². The van der Waals surface area contributed by atoms with Crippen molar-refractivity contribution in [1.29, 1.82) is 0 Å². The molecule has 40 heavy (non-hydrogen) atoms. The van der Waals surface area contributed by atoms with E-state index in [1.54, 1.807) is 20.5 Å². The van der Waals surface area contributed by atoms with E-state index < -0.39 is 0 Å². The highest BCUT2D eigenvalue weighted by Crippen LogP contribution is 2.41. The molecule has 8 nitrogen and oxygen atoms in total. The van der Waals surface area contributed by atoms with E-state index in [0.29, 0.717) is 18.1 Å². The number of aromatic nitrogens is 3. The summed E-state index contributed by atoms with van der Waals surface area (Å²) >= 11 is 0. The summed E-state index contributed by atoms with van der Waals surface area (Å²) in [5, 5.41) is 1.92. The molecule has 0 bridgehead atoms. The normalized spacial score (nSPS) is 14.1. The van der Waals surface area contributed by atoms with Gasteiger partial charge >= 0.3 is 0 Å². The number of benzene rings is 3. The van der Waals surface area contributed by atoms with Crippen molar-refractivity contribution in [2.75, 3.05) is 53.7 Å². The van der Waals surface area contributed by atoms with Gasteiger partial charge in [0.1, 0.15) is 12.1 Å². The van der Waals surface area contributed by atoms with Gasteiger partial charge in [0.15, 0.2) is 11.5 Å². The SMILES string of the molecule is COc1cc2ncnc(-c3cn(Cc4ccccc4)c4cccc(OC)c34)c2cc1OCCCN1CCOCC1. The Bertz CT molecular complexity index is 1600. The number of rotatable bonds is 10. The minimum absolute atomic E-state index is 0.590. The number of hydrogen-bond donors (Lipinski definition) is 0. The molecule has 2 aromatic heterocycles. The van der Waals surface area contributed by atoms with Gasteiger partial charge in [-0.2, -0.15) is 0 Å². The van der Waals surface area contributed by atoms with Gasteiger partial charge in [-0.1, -0.05) is 36.4 Å². The molecule has 0 aliphatic carbocycles. The predicted octanol–water partition coefficient (Wildman–Crippen LogP) is 5.42. The van der Waals surface area contributed by atoms with Gasteiger partial charge in [0.25, 0.3) is 0 Å². The zero-order valence-corrected chi connectivity index (χ0v) is 23.0. The van der Waals surface area contributed by atoms with Crippen molar-refractivity contribution in [1.82, 2.24) is 19.4 Å². The average molecular weight is 539 g/mol. The van der Waals surface area contributed by atoms with Crippen molar-refractivity contribution in [3.63, 3.8) is 0 Å². The molecular formula is C32H34N4O4. The minimum atomic E-state index is 0.590. The number of ether oxygens (including phenoxy) is 4. The molecule has 1 saturated heterocycles. The summed E-state index contributed by atoms with van der Waals surface area (Å²) in [5.41, 5.74) is 4.91. The Balaban J connectivity index is 1.38. The summed E-state index contributed by atoms with van der Waals surface area (Å²) in [4.78, 5) is 11.8. The monoisotopic (exact) mass is 538 g/mol. The highest BCUT2D eigenvalue weighted by Gasteiger charge is 2.20. The number of nitrogens with zero attached hydrogens (tertiary/aromatic N) is 4. The molecule has 0 saturated carbocycles. The van der Waals surface area contributed by atoms with Gasteiger partial charge in [-0.15, -0.1) is 0 Å². The number of morpholine rings is 1. The maximum absolute atomic E-state index is 6.27. The summed E-state index contributed by atoms with van der Waals surface area (Å²) in [6, 6.07) is 20.5. The molecule has 206 valence electrons. The topological polar surface area (TPSA) is 70.9 Å². The third kappa shape index (κ3) is 5.33. The standard InChI is InChI=1S/C32H34N4O4/c1-37-28-11-6-10-27-31(28)25(21-36(27)20-23-8-4-3-5-9-23)32-24-18-30(29(38-2)19-26(24)33-22-34-32)40-15-7-12-35-13-16-39-17-14-35/h3-6,8-11,18-19,21-22H,7,12-17,20H2,1-2H3. The second-order valence-corrected chi connectivity index (χ2v) is 9.91. The minimum Gasteiger partial charge on any atom is -0.496 e. The van der Waals surface area contributed by atoms with Crippen LogP contribution in [-0.2, 0) is 11.3 Å². The van der Waals surface area contributed by atoms with Gasteiger partial charge in [-0.05, 0) is 30.2 Å². The van der Waals surface area contributed by atoms with Crippen molar-refractivity contribution >= 4 is 21.8 Å². The molecule has 5 aromatic rings. The first-order valence-corrected chi connectivity index (χ1v) is 13.7. The smallest absolute Gasteiger partial charge is 0.162 e. The third-order valence-electron chi connectivity index (χ3n) is 7.44. The van der Waals surface area contributed by atoms with Gasteiger partial charge in [0.2, 0.25) is 0 Å². The van der Waals surface area contributed by atoms with E-state index in [9.17, 15) is 0 Å². The molecule has 1 aliphatic rings. The first kappa shape index (κ1) is 26.1. The van der Waals surface area contributed by atoms with Crippen LogP contribution in [0.3, 0.4) is 0 Å². The lowest BCUT2D eigenvalue weighted by Gasteiger charge is -2.26. The zero-order chi connectivity index (χ0) is 27.3. The Labute approximate surface area is 234 Å². The molecule has 8 heteroatoms. The number of methoxy groups -OCH3 is 2. The lowest BCUT2D eigenvalue weighted by atomic mass is 10.0. The van der Waals surface area contributed by atoms with Gasteiger partial charge < -0.3 is 23.5 Å². The van der Waals surface area contributed by atoms with Crippen LogP contribution in [0.25, 0.3) is 33.1 Å².